The third-order valence-corrected chi connectivity index (χ3v) is 6.06. The van der Waals surface area contributed by atoms with E-state index in [1.54, 1.807) is 29.1 Å². The Hall–Kier alpha value is -3.89. The molecule has 0 aliphatic carbocycles. The van der Waals surface area contributed by atoms with Crippen molar-refractivity contribution in [3.63, 3.8) is 0 Å². The molecule has 190 valence electrons. The Morgan fingerprint density at radius 2 is 1.86 bits per heavy atom. The molecule has 2 aromatic carbocycles. The van der Waals surface area contributed by atoms with E-state index in [0.717, 1.165) is 12.1 Å². The Morgan fingerprint density at radius 1 is 1.14 bits per heavy atom. The van der Waals surface area contributed by atoms with Gasteiger partial charge in [0, 0.05) is 44.7 Å². The highest BCUT2D eigenvalue weighted by atomic mass is 19.4. The second-order valence-corrected chi connectivity index (χ2v) is 8.68. The minimum Gasteiger partial charge on any atom is -0.489 e. The van der Waals surface area contributed by atoms with Crippen LogP contribution in [-0.4, -0.2) is 45.5 Å². The lowest BCUT2D eigenvalue weighted by molar-refractivity contribution is -0.137. The smallest absolute Gasteiger partial charge is 0.416 e. The van der Waals surface area contributed by atoms with Crippen molar-refractivity contribution in [3.8, 4) is 17.0 Å². The summed E-state index contributed by atoms with van der Waals surface area (Å²) in [6.45, 7) is 0.646. The average molecular weight is 504 g/mol. The highest BCUT2D eigenvalue weighted by Crippen LogP contribution is 2.31. The van der Waals surface area contributed by atoms with Gasteiger partial charge in [0.2, 0.25) is 5.91 Å². The fraction of sp³-hybridized carbons (Fsp3) is 0.320. The van der Waals surface area contributed by atoms with Gasteiger partial charge in [-0.15, -0.1) is 0 Å². The van der Waals surface area contributed by atoms with Crippen LogP contribution in [0.1, 0.15) is 34.3 Å². The van der Waals surface area contributed by atoms with E-state index in [9.17, 15) is 27.2 Å². The maximum absolute atomic E-state index is 14.1. The first-order chi connectivity index (χ1) is 17.0. The summed E-state index contributed by atoms with van der Waals surface area (Å²) < 4.78 is 60.1. The van der Waals surface area contributed by atoms with Crippen LogP contribution in [0.3, 0.4) is 0 Å². The van der Waals surface area contributed by atoms with Gasteiger partial charge < -0.3 is 19.9 Å². The molecule has 4 rings (SSSR count). The maximum atomic E-state index is 14.1. The standard InChI is InChI=1S/C25H24F4N4O3/c1-32-13-21(31-14-32)16-3-5-22(19(10-16)24(30)35)36-18-6-8-33(9-7-18)23(34)11-15-2-4-17(12-20(15)26)25(27,28)29/h2-5,10,12-14,18H,6-9,11H2,1H3,(H2,30,35). The predicted molar refractivity (Wildman–Crippen MR) is 122 cm³/mol. The minimum atomic E-state index is -4.65. The van der Waals surface area contributed by atoms with Crippen molar-refractivity contribution in [2.24, 2.45) is 12.8 Å². The number of imidazole rings is 1. The van der Waals surface area contributed by atoms with Crippen LogP contribution in [-0.2, 0) is 24.4 Å². The third-order valence-electron chi connectivity index (χ3n) is 6.06. The number of hydrogen-bond acceptors (Lipinski definition) is 4. The van der Waals surface area contributed by atoms with Gasteiger partial charge in [0.1, 0.15) is 17.7 Å². The zero-order valence-electron chi connectivity index (χ0n) is 19.4. The number of alkyl halides is 3. The zero-order chi connectivity index (χ0) is 26.0. The van der Waals surface area contributed by atoms with Crippen molar-refractivity contribution >= 4 is 11.8 Å². The molecule has 2 heterocycles. The molecule has 2 amide bonds. The molecule has 2 N–H and O–H groups in total. The number of aromatic nitrogens is 2. The molecule has 0 spiro atoms. The molecule has 36 heavy (non-hydrogen) atoms. The van der Waals surface area contributed by atoms with Gasteiger partial charge in [-0.05, 0) is 35.9 Å². The molecule has 0 radical (unpaired) electrons. The van der Waals surface area contributed by atoms with E-state index in [4.69, 9.17) is 10.5 Å². The van der Waals surface area contributed by atoms with Crippen molar-refractivity contribution in [1.29, 1.82) is 0 Å². The van der Waals surface area contributed by atoms with Gasteiger partial charge in [-0.2, -0.15) is 13.2 Å². The van der Waals surface area contributed by atoms with Gasteiger partial charge in [0.25, 0.3) is 5.91 Å². The highest BCUT2D eigenvalue weighted by molar-refractivity contribution is 5.97. The molecule has 0 saturated carbocycles. The summed E-state index contributed by atoms with van der Waals surface area (Å²) in [4.78, 5) is 30.4. The third kappa shape index (κ3) is 5.67. The summed E-state index contributed by atoms with van der Waals surface area (Å²) in [7, 11) is 1.83. The largest absolute Gasteiger partial charge is 0.489 e. The Kier molecular flexibility index (Phi) is 7.00. The number of hydrogen-bond donors (Lipinski definition) is 1. The number of likely N-dealkylation sites (tertiary alicyclic amines) is 1. The van der Waals surface area contributed by atoms with Crippen LogP contribution in [0.4, 0.5) is 17.6 Å². The van der Waals surface area contributed by atoms with Crippen LogP contribution in [0.5, 0.6) is 5.75 Å². The van der Waals surface area contributed by atoms with E-state index < -0.39 is 23.5 Å². The van der Waals surface area contributed by atoms with Gasteiger partial charge >= 0.3 is 6.18 Å². The molecule has 1 aromatic heterocycles. The molecule has 1 aliphatic rings. The molecule has 7 nitrogen and oxygen atoms in total. The van der Waals surface area contributed by atoms with Crippen molar-refractivity contribution in [1.82, 2.24) is 14.5 Å². The summed E-state index contributed by atoms with van der Waals surface area (Å²) in [5, 5.41) is 0. The van der Waals surface area contributed by atoms with E-state index in [2.05, 4.69) is 4.98 Å². The van der Waals surface area contributed by atoms with Gasteiger partial charge in [-0.3, -0.25) is 9.59 Å². The average Bonchev–Trinajstić information content (AvgIpc) is 3.26. The summed E-state index contributed by atoms with van der Waals surface area (Å²) >= 11 is 0. The summed E-state index contributed by atoms with van der Waals surface area (Å²) in [5.74, 6) is -1.76. The van der Waals surface area contributed by atoms with Crippen LogP contribution in [0, 0.1) is 5.82 Å². The lowest BCUT2D eigenvalue weighted by Crippen LogP contribution is -2.42. The van der Waals surface area contributed by atoms with E-state index in [1.165, 1.54) is 4.90 Å². The molecular weight excluding hydrogens is 480 g/mol. The molecule has 1 fully saturated rings. The molecule has 0 unspecified atom stereocenters. The molecule has 11 heteroatoms. The number of nitrogens with two attached hydrogens (primary N) is 1. The number of ether oxygens (including phenoxy) is 1. The first kappa shape index (κ1) is 25.2. The Bertz CT molecular complexity index is 1280. The number of aryl methyl sites for hydroxylation is 1. The number of primary amides is 1. The van der Waals surface area contributed by atoms with E-state index in [-0.39, 0.29) is 29.6 Å². The maximum Gasteiger partial charge on any atom is 0.416 e. The first-order valence-electron chi connectivity index (χ1n) is 11.2. The van der Waals surface area contributed by atoms with Crippen LogP contribution >= 0.6 is 0 Å². The summed E-state index contributed by atoms with van der Waals surface area (Å²) in [5.41, 5.74) is 5.99. The fourth-order valence-electron chi connectivity index (χ4n) is 4.09. The monoisotopic (exact) mass is 504 g/mol. The van der Waals surface area contributed by atoms with E-state index in [1.807, 2.05) is 13.2 Å². The summed E-state index contributed by atoms with van der Waals surface area (Å²) in [6, 6.07) is 7.22. The second kappa shape index (κ2) is 10.00. The number of carbonyl (C=O) groups is 2. The molecule has 1 aliphatic heterocycles. The Labute approximate surface area is 204 Å². The first-order valence-corrected chi connectivity index (χ1v) is 11.2. The number of rotatable bonds is 6. The lowest BCUT2D eigenvalue weighted by atomic mass is 10.0. The van der Waals surface area contributed by atoms with Crippen molar-refractivity contribution in [2.75, 3.05) is 13.1 Å². The normalized spacial score (nSPS) is 14.6. The van der Waals surface area contributed by atoms with Crippen molar-refractivity contribution in [2.45, 2.75) is 31.5 Å². The Balaban J connectivity index is 1.37. The van der Waals surface area contributed by atoms with E-state index in [0.29, 0.717) is 49.0 Å². The zero-order valence-corrected chi connectivity index (χ0v) is 19.4. The summed E-state index contributed by atoms with van der Waals surface area (Å²) in [6.07, 6.45) is -0.901. The molecule has 0 bridgehead atoms. The molecular formula is C25H24F4N4O3. The fourth-order valence-corrected chi connectivity index (χ4v) is 4.09. The Morgan fingerprint density at radius 3 is 2.44 bits per heavy atom. The number of carbonyl (C=O) groups excluding carboxylic acids is 2. The number of benzene rings is 2. The molecule has 1 saturated heterocycles. The van der Waals surface area contributed by atoms with Gasteiger partial charge in [0.15, 0.2) is 0 Å². The van der Waals surface area contributed by atoms with Crippen LogP contribution in [0.2, 0.25) is 0 Å². The second-order valence-electron chi connectivity index (χ2n) is 8.68. The SMILES string of the molecule is Cn1cnc(-c2ccc(OC3CCN(C(=O)Cc4ccc(C(F)(F)F)cc4F)CC3)c(C(N)=O)c2)c1. The minimum absolute atomic E-state index is 0.0922. The topological polar surface area (TPSA) is 90.4 Å². The number of halogens is 4. The van der Waals surface area contributed by atoms with Crippen LogP contribution in [0.15, 0.2) is 48.9 Å². The van der Waals surface area contributed by atoms with Crippen molar-refractivity contribution < 1.29 is 31.9 Å². The van der Waals surface area contributed by atoms with Gasteiger partial charge in [-0.25, -0.2) is 9.37 Å². The van der Waals surface area contributed by atoms with Gasteiger partial charge in [-0.1, -0.05) is 6.07 Å². The predicted octanol–water partition coefficient (Wildman–Crippen LogP) is 3.96. The van der Waals surface area contributed by atoms with Gasteiger partial charge in [0.05, 0.1) is 29.6 Å². The highest BCUT2D eigenvalue weighted by Gasteiger charge is 2.32. The quantitative estimate of drug-likeness (QED) is 0.515. The number of nitrogens with zero attached hydrogens (tertiary/aromatic N) is 3. The van der Waals surface area contributed by atoms with E-state index >= 15 is 0 Å². The molecule has 3 aromatic rings. The number of piperidine rings is 1. The molecule has 0 atom stereocenters. The number of amides is 2. The van der Waals surface area contributed by atoms with Crippen LogP contribution < -0.4 is 10.5 Å². The van der Waals surface area contributed by atoms with Crippen LogP contribution in [0.25, 0.3) is 11.3 Å². The van der Waals surface area contributed by atoms with Crippen molar-refractivity contribution in [3.05, 3.63) is 71.4 Å². The lowest BCUT2D eigenvalue weighted by Gasteiger charge is -2.32.